The lowest BCUT2D eigenvalue weighted by atomic mass is 10.1. The minimum Gasteiger partial charge on any atom is -0.336 e. The van der Waals surface area contributed by atoms with Crippen molar-refractivity contribution in [2.45, 2.75) is 26.2 Å². The fourth-order valence-corrected chi connectivity index (χ4v) is 3.20. The highest BCUT2D eigenvalue weighted by Gasteiger charge is 2.45. The molecule has 4 nitrogen and oxygen atoms in total. The van der Waals surface area contributed by atoms with Crippen molar-refractivity contribution < 1.29 is 14.0 Å². The second kappa shape index (κ2) is 7.28. The van der Waals surface area contributed by atoms with E-state index < -0.39 is 0 Å². The maximum absolute atomic E-state index is 13.0. The van der Waals surface area contributed by atoms with Gasteiger partial charge in [0.15, 0.2) is 0 Å². The Morgan fingerprint density at radius 3 is 2.54 bits per heavy atom. The maximum Gasteiger partial charge on any atom is 0.243 e. The molecule has 26 heavy (non-hydrogen) atoms. The van der Waals surface area contributed by atoms with Gasteiger partial charge in [-0.1, -0.05) is 24.3 Å². The Balaban J connectivity index is 1.55. The summed E-state index contributed by atoms with van der Waals surface area (Å²) in [6, 6.07) is 12.0. The summed E-state index contributed by atoms with van der Waals surface area (Å²) >= 11 is 0. The molecule has 1 aliphatic rings. The summed E-state index contributed by atoms with van der Waals surface area (Å²) in [6.07, 6.45) is 0.743. The lowest BCUT2D eigenvalue weighted by molar-refractivity contribution is -0.134. The van der Waals surface area contributed by atoms with Crippen molar-refractivity contribution >= 4 is 17.5 Å². The van der Waals surface area contributed by atoms with E-state index in [9.17, 15) is 14.0 Å². The van der Waals surface area contributed by atoms with Gasteiger partial charge in [-0.3, -0.25) is 9.59 Å². The monoisotopic (exact) mass is 354 g/mol. The lowest BCUT2D eigenvalue weighted by Crippen LogP contribution is -2.36. The normalized spacial score (nSPS) is 18.3. The van der Waals surface area contributed by atoms with Crippen molar-refractivity contribution in [3.05, 3.63) is 65.0 Å². The van der Waals surface area contributed by atoms with Crippen molar-refractivity contribution in [1.29, 1.82) is 0 Å². The molecule has 0 aliphatic heterocycles. The van der Waals surface area contributed by atoms with E-state index >= 15 is 0 Å². The van der Waals surface area contributed by atoms with Crippen molar-refractivity contribution in [2.75, 3.05) is 18.9 Å². The molecule has 2 atom stereocenters. The van der Waals surface area contributed by atoms with E-state index in [0.29, 0.717) is 0 Å². The van der Waals surface area contributed by atoms with Crippen molar-refractivity contribution in [3.63, 3.8) is 0 Å². The van der Waals surface area contributed by atoms with Crippen LogP contribution in [-0.2, 0) is 9.59 Å². The molecule has 1 fully saturated rings. The number of nitrogens with zero attached hydrogens (tertiary/aromatic N) is 1. The van der Waals surface area contributed by atoms with Gasteiger partial charge < -0.3 is 10.2 Å². The number of aryl methyl sites for hydroxylation is 1. The molecule has 1 aliphatic carbocycles. The number of benzene rings is 2. The standard InChI is InChI=1S/C21H23FN2O2/c1-13-5-4-6-19(14(13)2)23-20(25)12-24(3)21(26)18-11-17(18)15-7-9-16(22)10-8-15/h4-10,17-18H,11-12H2,1-3H3,(H,23,25). The Morgan fingerprint density at radius 1 is 1.15 bits per heavy atom. The summed E-state index contributed by atoms with van der Waals surface area (Å²) < 4.78 is 13.0. The highest BCUT2D eigenvalue weighted by atomic mass is 19.1. The van der Waals surface area contributed by atoms with E-state index in [2.05, 4.69) is 5.32 Å². The first-order valence-corrected chi connectivity index (χ1v) is 8.73. The van der Waals surface area contributed by atoms with Crippen LogP contribution in [-0.4, -0.2) is 30.3 Å². The molecule has 1 N–H and O–H groups in total. The summed E-state index contributed by atoms with van der Waals surface area (Å²) in [5.41, 5.74) is 3.87. The average Bonchev–Trinajstić information content (AvgIpc) is 3.39. The Bertz CT molecular complexity index is 832. The van der Waals surface area contributed by atoms with Crippen LogP contribution in [0.15, 0.2) is 42.5 Å². The number of nitrogens with one attached hydrogen (secondary N) is 1. The molecule has 2 unspecified atom stereocenters. The first kappa shape index (κ1) is 18.1. The van der Waals surface area contributed by atoms with Gasteiger partial charge >= 0.3 is 0 Å². The number of hydrogen-bond donors (Lipinski definition) is 1. The van der Waals surface area contributed by atoms with Crippen LogP contribution in [0.5, 0.6) is 0 Å². The van der Waals surface area contributed by atoms with Crippen molar-refractivity contribution in [3.8, 4) is 0 Å². The highest BCUT2D eigenvalue weighted by Crippen LogP contribution is 2.48. The molecule has 0 radical (unpaired) electrons. The van der Waals surface area contributed by atoms with Crippen LogP contribution in [0.2, 0.25) is 0 Å². The molecule has 3 rings (SSSR count). The third-order valence-corrected chi connectivity index (χ3v) is 5.04. The zero-order valence-electron chi connectivity index (χ0n) is 15.3. The van der Waals surface area contributed by atoms with E-state index in [1.807, 2.05) is 32.0 Å². The smallest absolute Gasteiger partial charge is 0.243 e. The summed E-state index contributed by atoms with van der Waals surface area (Å²) in [7, 11) is 1.64. The first-order valence-electron chi connectivity index (χ1n) is 8.73. The average molecular weight is 354 g/mol. The number of anilines is 1. The number of carbonyl (C=O) groups excluding carboxylic acids is 2. The SMILES string of the molecule is Cc1cccc(NC(=O)CN(C)C(=O)C2CC2c2ccc(F)cc2)c1C. The van der Waals surface area contributed by atoms with Crippen LogP contribution in [0.25, 0.3) is 0 Å². The van der Waals surface area contributed by atoms with Crippen molar-refractivity contribution in [1.82, 2.24) is 4.90 Å². The van der Waals surface area contributed by atoms with Gasteiger partial charge in [-0.25, -0.2) is 4.39 Å². The third kappa shape index (κ3) is 3.93. The number of likely N-dealkylation sites (N-methyl/N-ethyl adjacent to an activating group) is 1. The van der Waals surface area contributed by atoms with Crippen LogP contribution < -0.4 is 5.32 Å². The summed E-state index contributed by atoms with van der Waals surface area (Å²) in [5, 5.41) is 2.87. The molecular formula is C21H23FN2O2. The first-order chi connectivity index (χ1) is 12.4. The number of halogens is 1. The van der Waals surface area contributed by atoms with Gasteiger partial charge in [0.1, 0.15) is 5.82 Å². The molecule has 0 bridgehead atoms. The summed E-state index contributed by atoms with van der Waals surface area (Å²) in [4.78, 5) is 26.3. The molecule has 0 heterocycles. The zero-order valence-corrected chi connectivity index (χ0v) is 15.3. The molecule has 0 saturated heterocycles. The van der Waals surface area contributed by atoms with Gasteiger partial charge in [0.2, 0.25) is 11.8 Å². The molecule has 5 heteroatoms. The van der Waals surface area contributed by atoms with Crippen LogP contribution in [0.3, 0.4) is 0 Å². The van der Waals surface area contributed by atoms with Gasteiger partial charge in [-0.2, -0.15) is 0 Å². The second-order valence-corrected chi connectivity index (χ2v) is 6.99. The quantitative estimate of drug-likeness (QED) is 0.891. The Kier molecular flexibility index (Phi) is 5.07. The van der Waals surface area contributed by atoms with Crippen LogP contribution >= 0.6 is 0 Å². The minimum absolute atomic E-state index is 0.0128. The fourth-order valence-electron chi connectivity index (χ4n) is 3.20. The van der Waals surface area contributed by atoms with Gasteiger partial charge in [0.05, 0.1) is 6.54 Å². The highest BCUT2D eigenvalue weighted by molar-refractivity contribution is 5.96. The van der Waals surface area contributed by atoms with E-state index in [4.69, 9.17) is 0 Å². The Labute approximate surface area is 153 Å². The Hall–Kier alpha value is -2.69. The predicted octanol–water partition coefficient (Wildman–Crippen LogP) is 3.64. The van der Waals surface area contributed by atoms with Gasteiger partial charge in [0.25, 0.3) is 0 Å². The van der Waals surface area contributed by atoms with Gasteiger partial charge in [0, 0.05) is 18.7 Å². The molecule has 2 aromatic rings. The Morgan fingerprint density at radius 2 is 1.85 bits per heavy atom. The van der Waals surface area contributed by atoms with Gasteiger partial charge in [-0.15, -0.1) is 0 Å². The molecule has 0 spiro atoms. The van der Waals surface area contributed by atoms with Crippen molar-refractivity contribution in [2.24, 2.45) is 5.92 Å². The maximum atomic E-state index is 13.0. The van der Waals surface area contributed by atoms with E-state index in [1.165, 1.54) is 17.0 Å². The fraction of sp³-hybridized carbons (Fsp3) is 0.333. The molecule has 1 saturated carbocycles. The van der Waals surface area contributed by atoms with Crippen LogP contribution in [0.4, 0.5) is 10.1 Å². The molecule has 2 aromatic carbocycles. The topological polar surface area (TPSA) is 49.4 Å². The number of carbonyl (C=O) groups is 2. The van der Waals surface area contributed by atoms with E-state index in [1.54, 1.807) is 19.2 Å². The minimum atomic E-state index is -0.280. The summed E-state index contributed by atoms with van der Waals surface area (Å²) in [5.74, 6) is -0.548. The number of hydrogen-bond acceptors (Lipinski definition) is 2. The van der Waals surface area contributed by atoms with Crippen LogP contribution in [0, 0.1) is 25.6 Å². The number of amides is 2. The van der Waals surface area contributed by atoms with E-state index in [0.717, 1.165) is 28.8 Å². The number of rotatable bonds is 5. The lowest BCUT2D eigenvalue weighted by Gasteiger charge is -2.18. The second-order valence-electron chi connectivity index (χ2n) is 6.99. The molecule has 2 amide bonds. The summed E-state index contributed by atoms with van der Waals surface area (Å²) in [6.45, 7) is 3.96. The predicted molar refractivity (Wildman–Crippen MR) is 99.4 cm³/mol. The zero-order chi connectivity index (χ0) is 18.8. The van der Waals surface area contributed by atoms with E-state index in [-0.39, 0.29) is 36.0 Å². The largest absolute Gasteiger partial charge is 0.336 e. The molecular weight excluding hydrogens is 331 g/mol. The molecule has 136 valence electrons. The van der Waals surface area contributed by atoms with Crippen LogP contribution in [0.1, 0.15) is 29.0 Å². The van der Waals surface area contributed by atoms with Gasteiger partial charge in [-0.05, 0) is 61.1 Å². The third-order valence-electron chi connectivity index (χ3n) is 5.04. The molecule has 0 aromatic heterocycles.